The van der Waals surface area contributed by atoms with Crippen LogP contribution in [0.3, 0.4) is 0 Å². The number of thioether (sulfide) groups is 1. The zero-order chi connectivity index (χ0) is 22.7. The average molecular weight is 460 g/mol. The molecule has 0 amide bonds. The van der Waals surface area contributed by atoms with Gasteiger partial charge < -0.3 is 9.09 Å². The second-order valence-corrected chi connectivity index (χ2v) is 9.15. The molecule has 0 unspecified atom stereocenters. The van der Waals surface area contributed by atoms with Crippen LogP contribution in [0.2, 0.25) is 0 Å². The number of pyridine rings is 2. The van der Waals surface area contributed by atoms with Gasteiger partial charge in [0.2, 0.25) is 5.82 Å². The number of alkyl halides is 3. The van der Waals surface area contributed by atoms with Gasteiger partial charge in [-0.2, -0.15) is 4.98 Å². The van der Waals surface area contributed by atoms with Crippen molar-refractivity contribution in [3.63, 3.8) is 0 Å². The molecule has 1 saturated carbocycles. The highest BCUT2D eigenvalue weighted by atomic mass is 32.2. The maximum absolute atomic E-state index is 14.2. The molecule has 5 rings (SSSR count). The molecular weight excluding hydrogens is 441 g/mol. The van der Waals surface area contributed by atoms with E-state index in [-0.39, 0.29) is 17.3 Å². The van der Waals surface area contributed by atoms with Crippen molar-refractivity contribution in [1.82, 2.24) is 29.7 Å². The maximum atomic E-state index is 14.2. The molecule has 0 N–H and O–H groups in total. The highest BCUT2D eigenvalue weighted by Gasteiger charge is 2.50. The molecule has 0 aliphatic heterocycles. The van der Waals surface area contributed by atoms with Gasteiger partial charge in [0.15, 0.2) is 17.1 Å². The molecule has 1 aliphatic carbocycles. The van der Waals surface area contributed by atoms with Gasteiger partial charge in [0, 0.05) is 42.4 Å². The van der Waals surface area contributed by atoms with Crippen LogP contribution in [-0.4, -0.2) is 35.4 Å². The molecule has 32 heavy (non-hydrogen) atoms. The Morgan fingerprint density at radius 1 is 1.19 bits per heavy atom. The first-order valence-corrected chi connectivity index (χ1v) is 11.1. The molecule has 0 saturated heterocycles. The molecule has 0 bridgehead atoms. The lowest BCUT2D eigenvalue weighted by atomic mass is 10.2. The number of halogens is 3. The summed E-state index contributed by atoms with van der Waals surface area (Å²) in [6.07, 6.45) is 3.50. The van der Waals surface area contributed by atoms with Gasteiger partial charge in [0.05, 0.1) is 0 Å². The summed E-state index contributed by atoms with van der Waals surface area (Å²) in [6, 6.07) is 3.19. The van der Waals surface area contributed by atoms with E-state index in [1.807, 2.05) is 13.0 Å². The lowest BCUT2D eigenvalue weighted by Gasteiger charge is -2.09. The number of fused-ring (bicyclic) bond motifs is 1. The van der Waals surface area contributed by atoms with Crippen LogP contribution in [-0.2, 0) is 18.6 Å². The van der Waals surface area contributed by atoms with Gasteiger partial charge in [0.25, 0.3) is 11.8 Å². The molecule has 0 aromatic carbocycles. The fraction of sp³-hybridized carbons (Fsp3) is 0.381. The van der Waals surface area contributed by atoms with Crippen LogP contribution in [0.15, 0.2) is 33.9 Å². The van der Waals surface area contributed by atoms with E-state index in [0.29, 0.717) is 41.1 Å². The van der Waals surface area contributed by atoms with Gasteiger partial charge in [0.1, 0.15) is 11.2 Å². The number of nitrogens with zero attached hydrogens (tertiary/aromatic N) is 6. The monoisotopic (exact) mass is 460 g/mol. The Morgan fingerprint density at radius 2 is 1.97 bits per heavy atom. The van der Waals surface area contributed by atoms with Crippen molar-refractivity contribution in [2.24, 2.45) is 7.05 Å². The van der Waals surface area contributed by atoms with E-state index >= 15 is 0 Å². The van der Waals surface area contributed by atoms with Crippen molar-refractivity contribution >= 4 is 22.9 Å². The third-order valence-corrected chi connectivity index (χ3v) is 6.25. The molecule has 1 fully saturated rings. The minimum Gasteiger partial charge on any atom is -0.335 e. The van der Waals surface area contributed by atoms with Gasteiger partial charge in [-0.05, 0) is 30.7 Å². The zero-order valence-electron chi connectivity index (χ0n) is 17.6. The van der Waals surface area contributed by atoms with E-state index in [4.69, 9.17) is 4.52 Å². The second kappa shape index (κ2) is 7.29. The van der Waals surface area contributed by atoms with E-state index in [9.17, 15) is 13.2 Å². The van der Waals surface area contributed by atoms with Crippen LogP contribution < -0.4 is 0 Å². The summed E-state index contributed by atoms with van der Waals surface area (Å²) in [5.41, 5.74) is 0.309. The van der Waals surface area contributed by atoms with Crippen LogP contribution in [0.1, 0.15) is 38.1 Å². The predicted octanol–water partition coefficient (Wildman–Crippen LogP) is 5.26. The summed E-state index contributed by atoms with van der Waals surface area (Å²) in [4.78, 5) is 18.3. The van der Waals surface area contributed by atoms with Crippen LogP contribution in [0.4, 0.5) is 13.2 Å². The first-order chi connectivity index (χ1) is 15.2. The van der Waals surface area contributed by atoms with Gasteiger partial charge in [-0.3, -0.25) is 4.98 Å². The lowest BCUT2D eigenvalue weighted by molar-refractivity contribution is 0.0172. The average Bonchev–Trinajstić information content (AvgIpc) is 3.18. The highest BCUT2D eigenvalue weighted by molar-refractivity contribution is 7.99. The molecule has 4 heterocycles. The van der Waals surface area contributed by atoms with Crippen molar-refractivity contribution in [1.29, 1.82) is 0 Å². The van der Waals surface area contributed by atoms with Gasteiger partial charge in [-0.15, -0.1) is 11.8 Å². The summed E-state index contributed by atoms with van der Waals surface area (Å²) in [5.74, 6) is -1.49. The molecule has 7 nitrogen and oxygen atoms in total. The van der Waals surface area contributed by atoms with Gasteiger partial charge in [-0.25, -0.2) is 23.1 Å². The summed E-state index contributed by atoms with van der Waals surface area (Å²) in [7, 11) is 1.76. The Labute approximate surface area is 185 Å². The number of imidazole rings is 1. The van der Waals surface area contributed by atoms with Crippen molar-refractivity contribution in [3.8, 4) is 22.9 Å². The largest absolute Gasteiger partial charge is 0.335 e. The maximum Gasteiger partial charge on any atom is 0.272 e. The molecule has 0 spiro atoms. The van der Waals surface area contributed by atoms with E-state index in [1.54, 1.807) is 17.8 Å². The van der Waals surface area contributed by atoms with E-state index in [2.05, 4.69) is 25.1 Å². The third kappa shape index (κ3) is 3.54. The van der Waals surface area contributed by atoms with Gasteiger partial charge in [-0.1, -0.05) is 12.1 Å². The van der Waals surface area contributed by atoms with E-state index in [1.165, 1.54) is 17.8 Å². The highest BCUT2D eigenvalue weighted by Crippen LogP contribution is 2.49. The molecule has 0 radical (unpaired) electrons. The first kappa shape index (κ1) is 20.9. The zero-order valence-corrected chi connectivity index (χ0v) is 18.4. The fourth-order valence-electron chi connectivity index (χ4n) is 3.37. The van der Waals surface area contributed by atoms with E-state index in [0.717, 1.165) is 23.8 Å². The molecule has 4 aromatic heterocycles. The quantitative estimate of drug-likeness (QED) is 0.363. The van der Waals surface area contributed by atoms with Crippen molar-refractivity contribution < 1.29 is 17.7 Å². The molecular formula is C21H19F3N6OS. The summed E-state index contributed by atoms with van der Waals surface area (Å²) < 4.78 is 48.5. The number of rotatable bonds is 6. The summed E-state index contributed by atoms with van der Waals surface area (Å²) in [5, 5.41) is 3.90. The standard InChI is InChI=1S/C21H19F3N6OS/c1-4-32-14-7-11(16-28-19(31-29-16)21(24)5-6-21)9-25-15(14)18-27-13-8-12(20(2,22)23)10-26-17(13)30(18)3/h7-10H,4-6H2,1-3H3. The number of hydrogen-bond acceptors (Lipinski definition) is 7. The molecule has 1 aliphatic rings. The molecule has 4 aromatic rings. The number of aromatic nitrogens is 6. The fourth-order valence-corrected chi connectivity index (χ4v) is 4.18. The van der Waals surface area contributed by atoms with Crippen LogP contribution in [0, 0.1) is 0 Å². The Balaban J connectivity index is 1.58. The Hall–Kier alpha value is -2.95. The SMILES string of the molecule is CCSc1cc(-c2noc(C3(F)CC3)n2)cnc1-c1nc2cc(C(C)(F)F)cnc2n1C. The first-order valence-electron chi connectivity index (χ1n) is 10.1. The van der Waals surface area contributed by atoms with Crippen molar-refractivity contribution in [3.05, 3.63) is 36.0 Å². The van der Waals surface area contributed by atoms with Crippen LogP contribution in [0.5, 0.6) is 0 Å². The van der Waals surface area contributed by atoms with Crippen LogP contribution in [0.25, 0.3) is 34.1 Å². The number of hydrogen-bond donors (Lipinski definition) is 0. The Morgan fingerprint density at radius 3 is 2.66 bits per heavy atom. The summed E-state index contributed by atoms with van der Waals surface area (Å²) >= 11 is 1.54. The van der Waals surface area contributed by atoms with E-state index < -0.39 is 11.6 Å². The summed E-state index contributed by atoms with van der Waals surface area (Å²) in [6.45, 7) is 2.83. The lowest BCUT2D eigenvalue weighted by Crippen LogP contribution is -2.07. The predicted molar refractivity (Wildman–Crippen MR) is 113 cm³/mol. The Bertz CT molecular complexity index is 1330. The molecule has 0 atom stereocenters. The minimum absolute atomic E-state index is 0.00812. The minimum atomic E-state index is -3.01. The molecule has 11 heteroatoms. The second-order valence-electron chi connectivity index (χ2n) is 7.84. The topological polar surface area (TPSA) is 82.5 Å². The van der Waals surface area contributed by atoms with Gasteiger partial charge >= 0.3 is 0 Å². The van der Waals surface area contributed by atoms with Crippen molar-refractivity contribution in [2.45, 2.75) is 43.2 Å². The smallest absolute Gasteiger partial charge is 0.272 e. The third-order valence-electron chi connectivity index (χ3n) is 5.34. The Kier molecular flexibility index (Phi) is 4.77. The normalized spacial score (nSPS) is 15.4. The number of aryl methyl sites for hydroxylation is 1. The van der Waals surface area contributed by atoms with Crippen molar-refractivity contribution in [2.75, 3.05) is 5.75 Å². The van der Waals surface area contributed by atoms with Crippen LogP contribution >= 0.6 is 11.8 Å². The molecule has 166 valence electrons.